The minimum Gasteiger partial charge on any atom is -0.339 e. The summed E-state index contributed by atoms with van der Waals surface area (Å²) in [6.45, 7) is 3.57. The Morgan fingerprint density at radius 2 is 1.84 bits per heavy atom. The van der Waals surface area contributed by atoms with Gasteiger partial charge in [0.15, 0.2) is 0 Å². The highest BCUT2D eigenvalue weighted by atomic mass is 16.2. The lowest BCUT2D eigenvalue weighted by Crippen LogP contribution is -2.34. The summed E-state index contributed by atoms with van der Waals surface area (Å²) in [6, 6.07) is 3.54. The molecule has 19 heavy (non-hydrogen) atoms. The summed E-state index contributed by atoms with van der Waals surface area (Å²) in [5.41, 5.74) is 3.97. The summed E-state index contributed by atoms with van der Waals surface area (Å²) in [5, 5.41) is 0. The van der Waals surface area contributed by atoms with Crippen LogP contribution in [0.15, 0.2) is 12.1 Å². The molecule has 0 atom stereocenters. The van der Waals surface area contributed by atoms with Crippen LogP contribution in [-0.4, -0.2) is 28.9 Å². The lowest BCUT2D eigenvalue weighted by Gasteiger charge is -2.25. The zero-order valence-electron chi connectivity index (χ0n) is 11.5. The number of nitrogen functional groups attached to an aromatic ring is 1. The van der Waals surface area contributed by atoms with Gasteiger partial charge in [-0.2, -0.15) is 0 Å². The fraction of sp³-hybridized carbons (Fsp3) is 0.571. The Bertz CT molecular complexity index is 439. The van der Waals surface area contributed by atoms with Crippen LogP contribution in [0.1, 0.15) is 48.2 Å². The molecule has 1 amide bonds. The van der Waals surface area contributed by atoms with Crippen molar-refractivity contribution in [1.82, 2.24) is 9.88 Å². The van der Waals surface area contributed by atoms with E-state index in [2.05, 4.69) is 10.4 Å². The number of likely N-dealkylation sites (tertiary alicyclic amines) is 1. The molecule has 0 unspecified atom stereocenters. The van der Waals surface area contributed by atoms with Crippen LogP contribution in [-0.2, 0) is 0 Å². The van der Waals surface area contributed by atoms with Crippen molar-refractivity contribution in [2.75, 3.05) is 18.5 Å². The van der Waals surface area contributed by atoms with Crippen molar-refractivity contribution < 1.29 is 4.79 Å². The number of hydrazine groups is 1. The Morgan fingerprint density at radius 3 is 2.47 bits per heavy atom. The Morgan fingerprint density at radius 1 is 1.21 bits per heavy atom. The van der Waals surface area contributed by atoms with Crippen molar-refractivity contribution in [2.45, 2.75) is 39.0 Å². The molecule has 2 rings (SSSR count). The number of rotatable bonds is 2. The normalized spacial score (nSPS) is 16.6. The van der Waals surface area contributed by atoms with Gasteiger partial charge in [-0.1, -0.05) is 19.3 Å². The van der Waals surface area contributed by atoms with Crippen LogP contribution < -0.4 is 11.3 Å². The number of nitrogens with zero attached hydrogens (tertiary/aromatic N) is 2. The molecular weight excluding hydrogens is 240 g/mol. The van der Waals surface area contributed by atoms with Gasteiger partial charge in [-0.3, -0.25) is 4.79 Å². The smallest absolute Gasteiger partial charge is 0.254 e. The number of carbonyl (C=O) groups excluding carboxylic acids is 1. The first kappa shape index (κ1) is 13.8. The molecule has 0 aliphatic carbocycles. The fourth-order valence-corrected chi connectivity index (χ4v) is 2.50. The first-order valence-corrected chi connectivity index (χ1v) is 6.95. The molecule has 5 nitrogen and oxygen atoms in total. The maximum Gasteiger partial charge on any atom is 0.254 e. The summed E-state index contributed by atoms with van der Waals surface area (Å²) in [7, 11) is 0. The van der Waals surface area contributed by atoms with E-state index in [1.54, 1.807) is 6.07 Å². The number of hydrogen-bond donors (Lipinski definition) is 2. The molecule has 0 aromatic carbocycles. The van der Waals surface area contributed by atoms with Gasteiger partial charge in [-0.15, -0.1) is 0 Å². The number of aryl methyl sites for hydroxylation is 1. The van der Waals surface area contributed by atoms with E-state index in [9.17, 15) is 4.79 Å². The van der Waals surface area contributed by atoms with E-state index in [-0.39, 0.29) is 5.91 Å². The van der Waals surface area contributed by atoms with Gasteiger partial charge in [0.2, 0.25) is 0 Å². The average Bonchev–Trinajstić information content (AvgIpc) is 2.37. The van der Waals surface area contributed by atoms with Gasteiger partial charge in [-0.05, 0) is 31.9 Å². The van der Waals surface area contributed by atoms with Crippen LogP contribution in [0.2, 0.25) is 0 Å². The predicted molar refractivity (Wildman–Crippen MR) is 75.8 cm³/mol. The highest BCUT2D eigenvalue weighted by Gasteiger charge is 2.17. The monoisotopic (exact) mass is 262 g/mol. The lowest BCUT2D eigenvalue weighted by molar-refractivity contribution is 0.0742. The van der Waals surface area contributed by atoms with Gasteiger partial charge in [0.05, 0.1) is 0 Å². The van der Waals surface area contributed by atoms with Crippen LogP contribution in [0.5, 0.6) is 0 Å². The Kier molecular flexibility index (Phi) is 4.74. The molecule has 1 saturated heterocycles. The molecule has 1 fully saturated rings. The van der Waals surface area contributed by atoms with E-state index < -0.39 is 0 Å². The molecule has 0 bridgehead atoms. The number of carbonyl (C=O) groups is 1. The lowest BCUT2D eigenvalue weighted by atomic mass is 10.1. The molecule has 1 aromatic rings. The maximum absolute atomic E-state index is 12.5. The van der Waals surface area contributed by atoms with Crippen molar-refractivity contribution in [3.63, 3.8) is 0 Å². The van der Waals surface area contributed by atoms with E-state index in [1.807, 2.05) is 17.9 Å². The van der Waals surface area contributed by atoms with Gasteiger partial charge in [0.1, 0.15) is 5.82 Å². The third kappa shape index (κ3) is 3.67. The second kappa shape index (κ2) is 6.52. The number of nitrogens with two attached hydrogens (primary N) is 1. The maximum atomic E-state index is 12.5. The molecule has 1 aromatic heterocycles. The predicted octanol–water partition coefficient (Wildman–Crippen LogP) is 2.08. The van der Waals surface area contributed by atoms with E-state index >= 15 is 0 Å². The summed E-state index contributed by atoms with van der Waals surface area (Å²) in [4.78, 5) is 18.7. The Hall–Kier alpha value is -1.62. The van der Waals surface area contributed by atoms with Crippen LogP contribution in [0.3, 0.4) is 0 Å². The van der Waals surface area contributed by atoms with Gasteiger partial charge in [-0.25, -0.2) is 10.8 Å². The number of nitrogens with one attached hydrogen (secondary N) is 1. The molecule has 0 radical (unpaired) electrons. The molecule has 1 aliphatic rings. The molecule has 1 aliphatic heterocycles. The van der Waals surface area contributed by atoms with Crippen LogP contribution in [0, 0.1) is 6.92 Å². The second-order valence-electron chi connectivity index (χ2n) is 5.09. The first-order valence-electron chi connectivity index (χ1n) is 6.95. The SMILES string of the molecule is Cc1cc(C(=O)N2CCCCCCC2)cc(NN)n1. The van der Waals surface area contributed by atoms with E-state index in [0.29, 0.717) is 11.4 Å². The number of hydrogen-bond acceptors (Lipinski definition) is 4. The van der Waals surface area contributed by atoms with E-state index in [4.69, 9.17) is 5.84 Å². The summed E-state index contributed by atoms with van der Waals surface area (Å²) in [6.07, 6.45) is 5.91. The third-order valence-corrected chi connectivity index (χ3v) is 3.49. The molecule has 2 heterocycles. The number of anilines is 1. The molecular formula is C14H22N4O. The largest absolute Gasteiger partial charge is 0.339 e. The van der Waals surface area contributed by atoms with Crippen molar-refractivity contribution in [3.05, 3.63) is 23.4 Å². The summed E-state index contributed by atoms with van der Waals surface area (Å²) in [5.74, 6) is 6.00. The van der Waals surface area contributed by atoms with Gasteiger partial charge >= 0.3 is 0 Å². The molecule has 0 saturated carbocycles. The van der Waals surface area contributed by atoms with Crippen molar-refractivity contribution in [3.8, 4) is 0 Å². The average molecular weight is 262 g/mol. The molecule has 3 N–H and O–H groups in total. The van der Waals surface area contributed by atoms with Crippen LogP contribution in [0.25, 0.3) is 0 Å². The number of aromatic nitrogens is 1. The van der Waals surface area contributed by atoms with E-state index in [0.717, 1.165) is 31.6 Å². The number of pyridine rings is 1. The van der Waals surface area contributed by atoms with Crippen LogP contribution >= 0.6 is 0 Å². The standard InChI is InChI=1S/C14H22N4O/c1-11-9-12(10-13(16-11)17-15)14(19)18-7-5-3-2-4-6-8-18/h9-10H,2-8,15H2,1H3,(H,16,17). The van der Waals surface area contributed by atoms with Gasteiger partial charge < -0.3 is 10.3 Å². The molecule has 104 valence electrons. The highest BCUT2D eigenvalue weighted by molar-refractivity contribution is 5.95. The van der Waals surface area contributed by atoms with Crippen LogP contribution in [0.4, 0.5) is 5.82 Å². The van der Waals surface area contributed by atoms with Crippen molar-refractivity contribution in [2.24, 2.45) is 5.84 Å². The molecule has 0 spiro atoms. The van der Waals surface area contributed by atoms with Crippen molar-refractivity contribution >= 4 is 11.7 Å². The first-order chi connectivity index (χ1) is 9.20. The Labute approximate surface area is 114 Å². The number of amides is 1. The second-order valence-corrected chi connectivity index (χ2v) is 5.09. The summed E-state index contributed by atoms with van der Waals surface area (Å²) >= 11 is 0. The highest BCUT2D eigenvalue weighted by Crippen LogP contribution is 2.16. The third-order valence-electron chi connectivity index (χ3n) is 3.49. The fourth-order valence-electron chi connectivity index (χ4n) is 2.50. The van der Waals surface area contributed by atoms with Crippen molar-refractivity contribution in [1.29, 1.82) is 0 Å². The minimum absolute atomic E-state index is 0.0869. The molecule has 5 heteroatoms. The zero-order valence-corrected chi connectivity index (χ0v) is 11.5. The minimum atomic E-state index is 0.0869. The zero-order chi connectivity index (χ0) is 13.7. The summed E-state index contributed by atoms with van der Waals surface area (Å²) < 4.78 is 0. The Balaban J connectivity index is 2.15. The quantitative estimate of drug-likeness (QED) is 0.632. The topological polar surface area (TPSA) is 71.2 Å². The van der Waals surface area contributed by atoms with Gasteiger partial charge in [0, 0.05) is 24.3 Å². The van der Waals surface area contributed by atoms with Gasteiger partial charge in [0.25, 0.3) is 5.91 Å². The van der Waals surface area contributed by atoms with E-state index in [1.165, 1.54) is 19.3 Å².